The predicted molar refractivity (Wildman–Crippen MR) is 126 cm³/mol. The highest BCUT2D eigenvalue weighted by molar-refractivity contribution is 7.90. The van der Waals surface area contributed by atoms with Crippen molar-refractivity contribution in [2.45, 2.75) is 81.8 Å². The molecule has 1 heterocycles. The van der Waals surface area contributed by atoms with Gasteiger partial charge in [0.05, 0.1) is 18.3 Å². The summed E-state index contributed by atoms with van der Waals surface area (Å²) >= 11 is 0. The van der Waals surface area contributed by atoms with E-state index in [-0.39, 0.29) is 10.3 Å². The predicted octanol–water partition coefficient (Wildman–Crippen LogP) is 4.81. The van der Waals surface area contributed by atoms with Crippen LogP contribution in [0.2, 0.25) is 0 Å². The molecule has 0 amide bonds. The van der Waals surface area contributed by atoms with E-state index in [0.717, 1.165) is 31.1 Å². The topological polar surface area (TPSA) is 72.2 Å². The van der Waals surface area contributed by atoms with Gasteiger partial charge in [-0.05, 0) is 98.7 Å². The molecule has 1 aromatic heterocycles. The third-order valence-corrected chi connectivity index (χ3v) is 11.3. The van der Waals surface area contributed by atoms with Crippen molar-refractivity contribution in [3.8, 4) is 0 Å². The normalized spacial score (nSPS) is 42.9. The van der Waals surface area contributed by atoms with Gasteiger partial charge in [0.1, 0.15) is 11.6 Å². The van der Waals surface area contributed by atoms with Crippen LogP contribution in [0.3, 0.4) is 0 Å². The van der Waals surface area contributed by atoms with Gasteiger partial charge in [-0.3, -0.25) is 4.68 Å². The van der Waals surface area contributed by atoms with Gasteiger partial charge in [0.2, 0.25) is 0 Å². The monoisotopic (exact) mass is 478 g/mol. The first kappa shape index (κ1) is 23.5. The number of hydrogen-bond acceptors (Lipinski definition) is 4. The molecule has 0 radical (unpaired) electrons. The Morgan fingerprint density at radius 2 is 1.94 bits per heavy atom. The maximum atomic E-state index is 13.4. The summed E-state index contributed by atoms with van der Waals surface area (Å²) in [6.07, 6.45) is 13.7. The van der Waals surface area contributed by atoms with E-state index in [9.17, 15) is 17.9 Å². The average molecular weight is 479 g/mol. The molecule has 5 nitrogen and oxygen atoms in total. The summed E-state index contributed by atoms with van der Waals surface area (Å²) < 4.78 is 38.8. The van der Waals surface area contributed by atoms with Crippen molar-refractivity contribution in [3.05, 3.63) is 24.5 Å². The summed E-state index contributed by atoms with van der Waals surface area (Å²) in [5, 5.41) is 14.8. The molecule has 0 bridgehead atoms. The molecule has 33 heavy (non-hydrogen) atoms. The summed E-state index contributed by atoms with van der Waals surface area (Å²) in [5.74, 6) is 3.74. The molecule has 0 aliphatic heterocycles. The lowest BCUT2D eigenvalue weighted by Gasteiger charge is -2.57. The van der Waals surface area contributed by atoms with E-state index in [1.165, 1.54) is 43.7 Å². The van der Waals surface area contributed by atoms with E-state index in [4.69, 9.17) is 0 Å². The number of halogens is 1. The zero-order chi connectivity index (χ0) is 23.6. The number of allylic oxidation sites excluding steroid dienone is 1. The fourth-order valence-corrected chi connectivity index (χ4v) is 9.25. The van der Waals surface area contributed by atoms with Crippen molar-refractivity contribution in [1.82, 2.24) is 9.78 Å². The molecular weight excluding hydrogens is 439 g/mol. The van der Waals surface area contributed by atoms with Crippen LogP contribution in [-0.4, -0.2) is 41.8 Å². The molecule has 5 rings (SSSR count). The second-order valence-corrected chi connectivity index (χ2v) is 14.0. The molecular formula is C26H39FN2O3S. The minimum absolute atomic E-state index is 0.242. The van der Waals surface area contributed by atoms with Crippen LogP contribution < -0.4 is 0 Å². The minimum atomic E-state index is -3.25. The van der Waals surface area contributed by atoms with Crippen LogP contribution >= 0.6 is 0 Å². The highest BCUT2D eigenvalue weighted by atomic mass is 32.2. The smallest absolute Gasteiger partial charge is 0.178 e. The number of sulfone groups is 1. The fraction of sp³-hybridized carbons (Fsp3) is 0.808. The standard InChI is InChI=1S/C26H39FN2O3S/c1-17(14-29-15-19(13-28-29)33(3,31)32)23-6-7-24-22-5-4-18-12-26(30,16-27)11-9-20(18)21(22)8-10-25(23,24)2/h13,15,18,20-24,30H,1,4-12,14,16H2,2-3H3/t18-,20+,21-,22-,23?,24+,25-,26-/m1/s1. The van der Waals surface area contributed by atoms with Crippen LogP contribution in [0.5, 0.6) is 0 Å². The molecule has 0 aromatic carbocycles. The largest absolute Gasteiger partial charge is 0.387 e. The molecule has 8 atom stereocenters. The molecule has 4 saturated carbocycles. The number of fused-ring (bicyclic) bond motifs is 5. The Bertz CT molecular complexity index is 1020. The molecule has 1 aromatic rings. The zero-order valence-electron chi connectivity index (χ0n) is 20.0. The molecule has 4 fully saturated rings. The van der Waals surface area contributed by atoms with Gasteiger partial charge < -0.3 is 5.11 Å². The van der Waals surface area contributed by atoms with E-state index in [1.54, 1.807) is 10.9 Å². The number of alkyl halides is 1. The zero-order valence-corrected chi connectivity index (χ0v) is 20.9. The van der Waals surface area contributed by atoms with E-state index < -0.39 is 22.1 Å². The Labute approximate surface area is 197 Å². The second-order valence-electron chi connectivity index (χ2n) is 12.0. The van der Waals surface area contributed by atoms with Crippen molar-refractivity contribution in [2.75, 3.05) is 12.9 Å². The lowest BCUT2D eigenvalue weighted by Crippen LogP contribution is -2.51. The number of nitrogens with zero attached hydrogens (tertiary/aromatic N) is 2. The maximum absolute atomic E-state index is 13.4. The molecule has 7 heteroatoms. The van der Waals surface area contributed by atoms with E-state index >= 15 is 0 Å². The Morgan fingerprint density at radius 1 is 1.18 bits per heavy atom. The van der Waals surface area contributed by atoms with E-state index in [2.05, 4.69) is 18.6 Å². The minimum Gasteiger partial charge on any atom is -0.387 e. The van der Waals surface area contributed by atoms with E-state index in [0.29, 0.717) is 43.1 Å². The highest BCUT2D eigenvalue weighted by Gasteiger charge is 2.58. The average Bonchev–Trinajstić information content (AvgIpc) is 3.37. The van der Waals surface area contributed by atoms with Crippen LogP contribution in [0.1, 0.15) is 64.7 Å². The van der Waals surface area contributed by atoms with Gasteiger partial charge in [-0.15, -0.1) is 0 Å². The van der Waals surface area contributed by atoms with Gasteiger partial charge in [0.15, 0.2) is 9.84 Å². The molecule has 184 valence electrons. The van der Waals surface area contributed by atoms with E-state index in [1.807, 2.05) is 0 Å². The fourth-order valence-electron chi connectivity index (χ4n) is 8.70. The molecule has 0 saturated heterocycles. The Morgan fingerprint density at radius 3 is 2.64 bits per heavy atom. The Kier molecular flexibility index (Phi) is 5.83. The number of aliphatic hydroxyl groups is 1. The van der Waals surface area contributed by atoms with Gasteiger partial charge in [-0.25, -0.2) is 12.8 Å². The number of hydrogen-bond donors (Lipinski definition) is 1. The summed E-state index contributed by atoms with van der Waals surface area (Å²) in [4.78, 5) is 0.259. The van der Waals surface area contributed by atoms with Gasteiger partial charge in [-0.1, -0.05) is 19.1 Å². The van der Waals surface area contributed by atoms with Crippen molar-refractivity contribution < 1.29 is 17.9 Å². The molecule has 0 spiro atoms. The summed E-state index contributed by atoms with van der Waals surface area (Å²) in [6.45, 7) is 6.90. The second kappa shape index (κ2) is 8.18. The first-order valence-electron chi connectivity index (χ1n) is 12.7. The molecule has 4 aliphatic rings. The molecule has 1 unspecified atom stereocenters. The van der Waals surface area contributed by atoms with Crippen LogP contribution in [-0.2, 0) is 16.4 Å². The van der Waals surface area contributed by atoms with Crippen molar-refractivity contribution >= 4 is 9.84 Å². The number of aromatic nitrogens is 2. The third kappa shape index (κ3) is 4.01. The molecule has 1 N–H and O–H groups in total. The van der Waals surface area contributed by atoms with Gasteiger partial charge >= 0.3 is 0 Å². The van der Waals surface area contributed by atoms with Crippen molar-refractivity contribution in [1.29, 1.82) is 0 Å². The van der Waals surface area contributed by atoms with Crippen LogP contribution in [0, 0.1) is 40.9 Å². The molecule has 4 aliphatic carbocycles. The third-order valence-electron chi connectivity index (χ3n) is 10.2. The van der Waals surface area contributed by atoms with Crippen molar-refractivity contribution in [3.63, 3.8) is 0 Å². The van der Waals surface area contributed by atoms with Crippen LogP contribution in [0.15, 0.2) is 29.4 Å². The van der Waals surface area contributed by atoms with Gasteiger partial charge in [-0.2, -0.15) is 5.10 Å². The quantitative estimate of drug-likeness (QED) is 0.617. The Balaban J connectivity index is 1.29. The Hall–Kier alpha value is -1.21. The SMILES string of the molecule is C=C(Cn1cc(S(C)(=O)=O)cn1)C1CC[C@H]2[C@@H]3CC[C@@H]4C[C@@](O)(CF)CC[C@@H]4[C@H]3CC[C@]12C. The maximum Gasteiger partial charge on any atom is 0.178 e. The summed E-state index contributed by atoms with van der Waals surface area (Å²) in [7, 11) is -3.25. The van der Waals surface area contributed by atoms with Crippen molar-refractivity contribution in [2.24, 2.45) is 40.9 Å². The summed E-state index contributed by atoms with van der Waals surface area (Å²) in [6, 6.07) is 0. The lowest BCUT2D eigenvalue weighted by atomic mass is 9.48. The number of rotatable bonds is 5. The lowest BCUT2D eigenvalue weighted by molar-refractivity contribution is -0.110. The van der Waals surface area contributed by atoms with Gasteiger partial charge in [0.25, 0.3) is 0 Å². The van der Waals surface area contributed by atoms with Crippen LogP contribution in [0.25, 0.3) is 0 Å². The van der Waals surface area contributed by atoms with Gasteiger partial charge in [0, 0.05) is 12.5 Å². The summed E-state index contributed by atoms with van der Waals surface area (Å²) in [5.41, 5.74) is 0.337. The van der Waals surface area contributed by atoms with Crippen LogP contribution in [0.4, 0.5) is 4.39 Å². The highest BCUT2D eigenvalue weighted by Crippen LogP contribution is 2.65. The first-order chi connectivity index (χ1) is 15.5. The first-order valence-corrected chi connectivity index (χ1v) is 14.6.